The minimum atomic E-state index is -0.687. The first-order chi connectivity index (χ1) is 15.8. The fourth-order valence-electron chi connectivity index (χ4n) is 4.28. The summed E-state index contributed by atoms with van der Waals surface area (Å²) < 4.78 is 0. The van der Waals surface area contributed by atoms with Crippen LogP contribution in [0.5, 0.6) is 0 Å². The number of tetrazole rings is 1. The van der Waals surface area contributed by atoms with Gasteiger partial charge in [-0.2, -0.15) is 5.21 Å². The first-order valence-corrected chi connectivity index (χ1v) is 11.6. The molecule has 1 heterocycles. The van der Waals surface area contributed by atoms with Crippen molar-refractivity contribution in [2.45, 2.75) is 10.7 Å². The smallest absolute Gasteiger partial charge is 0.177 e. The molecule has 4 nitrogen and oxygen atoms in total. The molecule has 4 aromatic carbocycles. The molecule has 0 bridgehead atoms. The predicted molar refractivity (Wildman–Crippen MR) is 131 cm³/mol. The molecule has 0 fully saturated rings. The molecule has 156 valence electrons. The van der Waals surface area contributed by atoms with Gasteiger partial charge in [-0.1, -0.05) is 130 Å². The van der Waals surface area contributed by atoms with Crippen LogP contribution in [0.3, 0.4) is 0 Å². The van der Waals surface area contributed by atoms with Crippen LogP contribution >= 0.6 is 15.9 Å². The molecule has 5 heteroatoms. The van der Waals surface area contributed by atoms with Gasteiger partial charge in [0, 0.05) is 5.33 Å². The number of aromatic nitrogens is 4. The molecule has 1 aromatic heterocycles. The lowest BCUT2D eigenvalue weighted by Crippen LogP contribution is -2.32. The number of aromatic amines is 1. The van der Waals surface area contributed by atoms with Crippen LogP contribution in [0.1, 0.15) is 28.1 Å². The third kappa shape index (κ3) is 3.55. The molecular formula is C27H21BrN4. The number of halogens is 1. The van der Waals surface area contributed by atoms with E-state index in [2.05, 4.69) is 109 Å². The van der Waals surface area contributed by atoms with E-state index in [4.69, 9.17) is 0 Å². The zero-order valence-corrected chi connectivity index (χ0v) is 18.9. The van der Waals surface area contributed by atoms with Crippen molar-refractivity contribution in [3.8, 4) is 11.1 Å². The number of benzene rings is 4. The van der Waals surface area contributed by atoms with E-state index in [1.807, 2.05) is 36.4 Å². The average molecular weight is 481 g/mol. The zero-order chi connectivity index (χ0) is 21.8. The van der Waals surface area contributed by atoms with E-state index in [1.165, 1.54) is 11.1 Å². The van der Waals surface area contributed by atoms with Crippen LogP contribution in [0, 0.1) is 0 Å². The molecule has 0 amide bonds. The lowest BCUT2D eigenvalue weighted by atomic mass is 9.68. The summed E-state index contributed by atoms with van der Waals surface area (Å²) >= 11 is 3.51. The van der Waals surface area contributed by atoms with Crippen molar-refractivity contribution in [2.75, 3.05) is 0 Å². The molecule has 0 atom stereocenters. The Morgan fingerprint density at radius 3 is 1.59 bits per heavy atom. The Balaban J connectivity index is 1.70. The van der Waals surface area contributed by atoms with Gasteiger partial charge in [-0.15, -0.1) is 10.2 Å². The molecule has 0 aliphatic heterocycles. The summed E-state index contributed by atoms with van der Waals surface area (Å²) in [4.78, 5) is 0. The highest BCUT2D eigenvalue weighted by atomic mass is 79.9. The molecule has 1 N–H and O–H groups in total. The van der Waals surface area contributed by atoms with Gasteiger partial charge in [0.15, 0.2) is 5.82 Å². The van der Waals surface area contributed by atoms with E-state index >= 15 is 0 Å². The van der Waals surface area contributed by atoms with E-state index in [0.29, 0.717) is 5.82 Å². The SMILES string of the molecule is BrCc1ccc(-c2ccc(C(c3ccccc3)(c3ccccc3)c3nn[nH]n3)cc2)cc1. The molecule has 0 saturated carbocycles. The van der Waals surface area contributed by atoms with E-state index in [9.17, 15) is 0 Å². The molecular weight excluding hydrogens is 460 g/mol. The third-order valence-corrected chi connectivity index (χ3v) is 6.50. The molecule has 0 spiro atoms. The van der Waals surface area contributed by atoms with Gasteiger partial charge in [0.1, 0.15) is 5.41 Å². The Hall–Kier alpha value is -3.57. The summed E-state index contributed by atoms with van der Waals surface area (Å²) in [7, 11) is 0. The Labute approximate surface area is 195 Å². The van der Waals surface area contributed by atoms with Gasteiger partial charge < -0.3 is 0 Å². The maximum Gasteiger partial charge on any atom is 0.193 e. The third-order valence-electron chi connectivity index (χ3n) is 5.85. The van der Waals surface area contributed by atoms with Gasteiger partial charge in [0.05, 0.1) is 0 Å². The van der Waals surface area contributed by atoms with Gasteiger partial charge >= 0.3 is 0 Å². The number of alkyl halides is 1. The average Bonchev–Trinajstić information content (AvgIpc) is 3.42. The van der Waals surface area contributed by atoms with Crippen molar-refractivity contribution in [1.29, 1.82) is 0 Å². The molecule has 0 aliphatic rings. The van der Waals surface area contributed by atoms with E-state index in [-0.39, 0.29) is 0 Å². The Morgan fingerprint density at radius 2 is 1.12 bits per heavy atom. The monoisotopic (exact) mass is 480 g/mol. The fourth-order valence-corrected chi connectivity index (χ4v) is 4.66. The van der Waals surface area contributed by atoms with Crippen LogP contribution in [-0.4, -0.2) is 20.6 Å². The van der Waals surface area contributed by atoms with Crippen LogP contribution in [0.2, 0.25) is 0 Å². The summed E-state index contributed by atoms with van der Waals surface area (Å²) in [6.45, 7) is 0. The van der Waals surface area contributed by atoms with Crippen molar-refractivity contribution in [3.63, 3.8) is 0 Å². The number of rotatable bonds is 6. The molecule has 0 saturated heterocycles. The highest BCUT2D eigenvalue weighted by Gasteiger charge is 2.42. The Bertz CT molecular complexity index is 1230. The maximum atomic E-state index is 4.47. The van der Waals surface area contributed by atoms with Crippen molar-refractivity contribution in [3.05, 3.63) is 137 Å². The van der Waals surface area contributed by atoms with Crippen LogP contribution < -0.4 is 0 Å². The summed E-state index contributed by atoms with van der Waals surface area (Å²) in [5.41, 5.74) is 6.17. The highest BCUT2D eigenvalue weighted by Crippen LogP contribution is 2.43. The summed E-state index contributed by atoms with van der Waals surface area (Å²) in [5, 5.41) is 16.4. The standard InChI is InChI=1S/C27H21BrN4/c28-19-20-11-13-21(14-12-20)22-15-17-25(18-16-22)27(26-29-31-32-30-26,23-7-3-1-4-8-23)24-9-5-2-6-10-24/h1-18H,19H2,(H,29,30,31,32). The van der Waals surface area contributed by atoms with Crippen LogP contribution in [0.4, 0.5) is 0 Å². The first kappa shape index (κ1) is 20.3. The van der Waals surface area contributed by atoms with E-state index < -0.39 is 5.41 Å². The van der Waals surface area contributed by atoms with Crippen molar-refractivity contribution < 1.29 is 0 Å². The number of hydrogen-bond acceptors (Lipinski definition) is 3. The maximum absolute atomic E-state index is 4.47. The van der Waals surface area contributed by atoms with E-state index in [1.54, 1.807) is 0 Å². The largest absolute Gasteiger partial charge is 0.193 e. The summed E-state index contributed by atoms with van der Waals surface area (Å²) in [6, 6.07) is 38.0. The van der Waals surface area contributed by atoms with Gasteiger partial charge in [0.2, 0.25) is 0 Å². The van der Waals surface area contributed by atoms with Crippen LogP contribution in [0.25, 0.3) is 11.1 Å². The van der Waals surface area contributed by atoms with Crippen LogP contribution in [-0.2, 0) is 10.7 Å². The first-order valence-electron chi connectivity index (χ1n) is 10.4. The molecule has 5 rings (SSSR count). The zero-order valence-electron chi connectivity index (χ0n) is 17.3. The second-order valence-corrected chi connectivity index (χ2v) is 8.19. The molecule has 0 unspecified atom stereocenters. The van der Waals surface area contributed by atoms with Crippen LogP contribution in [0.15, 0.2) is 109 Å². The Kier molecular flexibility index (Phi) is 5.65. The summed E-state index contributed by atoms with van der Waals surface area (Å²) in [5.74, 6) is 0.615. The molecule has 32 heavy (non-hydrogen) atoms. The van der Waals surface area contributed by atoms with Crippen molar-refractivity contribution in [1.82, 2.24) is 20.6 Å². The number of H-pyrrole nitrogens is 1. The topological polar surface area (TPSA) is 54.5 Å². The normalized spacial score (nSPS) is 11.4. The van der Waals surface area contributed by atoms with Crippen molar-refractivity contribution >= 4 is 15.9 Å². The van der Waals surface area contributed by atoms with Crippen molar-refractivity contribution in [2.24, 2.45) is 0 Å². The van der Waals surface area contributed by atoms with Gasteiger partial charge in [-0.05, 0) is 33.4 Å². The van der Waals surface area contributed by atoms with Gasteiger partial charge in [-0.25, -0.2) is 0 Å². The number of nitrogens with one attached hydrogen (secondary N) is 1. The summed E-state index contributed by atoms with van der Waals surface area (Å²) in [6.07, 6.45) is 0. The Morgan fingerprint density at radius 1 is 0.625 bits per heavy atom. The quantitative estimate of drug-likeness (QED) is 0.234. The van der Waals surface area contributed by atoms with E-state index in [0.717, 1.165) is 27.6 Å². The lowest BCUT2D eigenvalue weighted by molar-refractivity contribution is 0.682. The highest BCUT2D eigenvalue weighted by molar-refractivity contribution is 9.08. The molecule has 0 radical (unpaired) electrons. The minimum Gasteiger partial charge on any atom is -0.177 e. The molecule has 0 aliphatic carbocycles. The second kappa shape index (κ2) is 8.89. The van der Waals surface area contributed by atoms with Gasteiger partial charge in [-0.3, -0.25) is 0 Å². The van der Waals surface area contributed by atoms with Gasteiger partial charge in [0.25, 0.3) is 0 Å². The number of nitrogens with zero attached hydrogens (tertiary/aromatic N) is 3. The molecule has 5 aromatic rings. The minimum absolute atomic E-state index is 0.615. The fraction of sp³-hybridized carbons (Fsp3) is 0.0741. The second-order valence-electron chi connectivity index (χ2n) is 7.63. The predicted octanol–water partition coefficient (Wildman–Crippen LogP) is 6.14. The lowest BCUT2D eigenvalue weighted by Gasteiger charge is -2.33. The number of hydrogen-bond donors (Lipinski definition) is 1.